The Balaban J connectivity index is 1.56. The number of hydrogen-bond acceptors (Lipinski definition) is 4. The number of benzene rings is 1. The van der Waals surface area contributed by atoms with Gasteiger partial charge in [0.2, 0.25) is 5.75 Å². The second-order valence-corrected chi connectivity index (χ2v) is 8.80. The molecule has 1 aliphatic heterocycles. The summed E-state index contributed by atoms with van der Waals surface area (Å²) in [6, 6.07) is 10.7. The van der Waals surface area contributed by atoms with E-state index < -0.39 is 11.3 Å². The number of nitrogens with zero attached hydrogens (tertiary/aromatic N) is 3. The summed E-state index contributed by atoms with van der Waals surface area (Å²) < 4.78 is 1.82. The summed E-state index contributed by atoms with van der Waals surface area (Å²) in [5.74, 6) is -0.0856. The monoisotopic (exact) mass is 393 g/mol. The number of hydrogen-bond donors (Lipinski definition) is 1. The number of carbonyl (C=O) groups excluding carboxylic acids is 1. The fourth-order valence-corrected chi connectivity index (χ4v) is 5.39. The highest BCUT2D eigenvalue weighted by atomic mass is 16.3. The molecule has 0 spiro atoms. The van der Waals surface area contributed by atoms with E-state index in [0.29, 0.717) is 25.3 Å². The zero-order valence-corrected chi connectivity index (χ0v) is 16.6. The van der Waals surface area contributed by atoms with Gasteiger partial charge in [-0.15, -0.1) is 0 Å². The maximum absolute atomic E-state index is 13.1. The van der Waals surface area contributed by atoms with Crippen molar-refractivity contribution in [1.82, 2.24) is 14.5 Å². The highest BCUT2D eigenvalue weighted by Gasteiger charge is 2.40. The first-order valence-electron chi connectivity index (χ1n) is 10.8. The van der Waals surface area contributed by atoms with Gasteiger partial charge in [-0.2, -0.15) is 4.98 Å². The molecule has 2 fully saturated rings. The zero-order valence-electron chi connectivity index (χ0n) is 16.6. The predicted molar refractivity (Wildman–Crippen MR) is 109 cm³/mol. The fourth-order valence-electron chi connectivity index (χ4n) is 5.39. The van der Waals surface area contributed by atoms with E-state index in [9.17, 15) is 14.7 Å². The first-order chi connectivity index (χ1) is 14.1. The average Bonchev–Trinajstić information content (AvgIpc) is 3.16. The molecule has 3 aliphatic rings. The smallest absolute Gasteiger partial charge is 0.315 e. The fraction of sp³-hybridized carbons (Fsp3) is 0.522. The molecule has 1 amide bonds. The van der Waals surface area contributed by atoms with Gasteiger partial charge in [-0.3, -0.25) is 9.59 Å². The van der Waals surface area contributed by atoms with E-state index in [0.717, 1.165) is 44.9 Å². The van der Waals surface area contributed by atoms with Gasteiger partial charge in [0, 0.05) is 31.0 Å². The van der Waals surface area contributed by atoms with Gasteiger partial charge >= 0.3 is 5.56 Å². The van der Waals surface area contributed by atoms with Crippen LogP contribution in [0.1, 0.15) is 66.8 Å². The van der Waals surface area contributed by atoms with Gasteiger partial charge in [0.15, 0.2) is 5.69 Å². The maximum atomic E-state index is 13.1. The molecule has 0 bridgehead atoms. The van der Waals surface area contributed by atoms with Crippen LogP contribution in [0.4, 0.5) is 0 Å². The Morgan fingerprint density at radius 1 is 1.03 bits per heavy atom. The molecular weight excluding hydrogens is 366 g/mol. The van der Waals surface area contributed by atoms with Crippen LogP contribution < -0.4 is 5.56 Å². The van der Waals surface area contributed by atoms with Gasteiger partial charge in [0.05, 0.1) is 0 Å². The van der Waals surface area contributed by atoms with Crippen molar-refractivity contribution < 1.29 is 9.90 Å². The van der Waals surface area contributed by atoms with Crippen LogP contribution in [0.2, 0.25) is 0 Å². The first kappa shape index (κ1) is 18.4. The van der Waals surface area contributed by atoms with E-state index in [2.05, 4.69) is 29.2 Å². The third-order valence-electron chi connectivity index (χ3n) is 7.23. The van der Waals surface area contributed by atoms with Gasteiger partial charge in [-0.25, -0.2) is 0 Å². The minimum atomic E-state index is -0.684. The highest BCUT2D eigenvalue weighted by molar-refractivity contribution is 5.96. The molecule has 6 heteroatoms. The Kier molecular flexibility index (Phi) is 4.45. The third-order valence-corrected chi connectivity index (χ3v) is 7.23. The zero-order chi connectivity index (χ0) is 20.0. The summed E-state index contributed by atoms with van der Waals surface area (Å²) in [4.78, 5) is 31.7. The molecule has 1 aromatic carbocycles. The van der Waals surface area contributed by atoms with Gasteiger partial charge < -0.3 is 14.6 Å². The van der Waals surface area contributed by atoms with E-state index >= 15 is 0 Å². The van der Waals surface area contributed by atoms with E-state index in [4.69, 9.17) is 0 Å². The molecule has 2 aromatic rings. The lowest BCUT2D eigenvalue weighted by atomic mass is 9.76. The summed E-state index contributed by atoms with van der Waals surface area (Å²) in [6.07, 6.45) is 8.16. The molecule has 0 radical (unpaired) electrons. The predicted octanol–water partition coefficient (Wildman–Crippen LogP) is 3.01. The molecule has 2 heterocycles. The maximum Gasteiger partial charge on any atom is 0.315 e. The standard InChI is InChI=1S/C23H27N3O3/c27-20-19-22(29)25(17-9-6-10-17)13-14-26(19)18(24-21(20)28)15-23(11-4-5-12-23)16-7-2-1-3-8-16/h1-3,7-8,17,27H,4-6,9-15H2. The summed E-state index contributed by atoms with van der Waals surface area (Å²) >= 11 is 0. The van der Waals surface area contributed by atoms with E-state index in [1.54, 1.807) is 0 Å². The van der Waals surface area contributed by atoms with Crippen LogP contribution in [0.3, 0.4) is 0 Å². The molecule has 6 nitrogen and oxygen atoms in total. The van der Waals surface area contributed by atoms with Crippen LogP contribution in [0.5, 0.6) is 5.75 Å². The Labute approximate surface area is 170 Å². The van der Waals surface area contributed by atoms with Crippen molar-refractivity contribution in [2.24, 2.45) is 0 Å². The Bertz CT molecular complexity index is 988. The molecule has 5 rings (SSSR count). The normalized spacial score (nSPS) is 21.1. The highest BCUT2D eigenvalue weighted by Crippen LogP contribution is 2.43. The first-order valence-corrected chi connectivity index (χ1v) is 10.8. The quantitative estimate of drug-likeness (QED) is 0.866. The number of aromatic hydroxyl groups is 1. The molecular formula is C23H27N3O3. The molecule has 152 valence electrons. The average molecular weight is 393 g/mol. The van der Waals surface area contributed by atoms with Gasteiger partial charge in [0.25, 0.3) is 5.91 Å². The van der Waals surface area contributed by atoms with Crippen LogP contribution in [0, 0.1) is 0 Å². The van der Waals surface area contributed by atoms with Gasteiger partial charge in [-0.1, -0.05) is 43.2 Å². The number of fused-ring (bicyclic) bond motifs is 1. The van der Waals surface area contributed by atoms with Gasteiger partial charge in [-0.05, 0) is 37.7 Å². The van der Waals surface area contributed by atoms with Crippen molar-refractivity contribution in [2.45, 2.75) is 69.4 Å². The SMILES string of the molecule is O=C1c2c(O)c(=O)nc(CC3(c4ccccc4)CCCC3)n2CCN1C1CCC1. The second-order valence-electron chi connectivity index (χ2n) is 8.80. The largest absolute Gasteiger partial charge is 0.501 e. The van der Waals surface area contributed by atoms with Crippen molar-refractivity contribution in [1.29, 1.82) is 0 Å². The molecule has 0 unspecified atom stereocenters. The van der Waals surface area contributed by atoms with Gasteiger partial charge in [0.1, 0.15) is 5.82 Å². The van der Waals surface area contributed by atoms with E-state index in [1.807, 2.05) is 15.5 Å². The number of carbonyl (C=O) groups is 1. The summed E-state index contributed by atoms with van der Waals surface area (Å²) in [5.41, 5.74) is 0.662. The Morgan fingerprint density at radius 2 is 1.76 bits per heavy atom. The molecule has 2 saturated carbocycles. The van der Waals surface area contributed by atoms with Crippen LogP contribution >= 0.6 is 0 Å². The minimum absolute atomic E-state index is 0.0629. The van der Waals surface area contributed by atoms with Crippen LogP contribution in [0.15, 0.2) is 35.1 Å². The molecule has 0 atom stereocenters. The Morgan fingerprint density at radius 3 is 2.41 bits per heavy atom. The molecule has 0 saturated heterocycles. The summed E-state index contributed by atoms with van der Waals surface area (Å²) in [5, 5.41) is 10.4. The lowest BCUT2D eigenvalue weighted by Crippen LogP contribution is -2.50. The summed E-state index contributed by atoms with van der Waals surface area (Å²) in [7, 11) is 0. The molecule has 1 N–H and O–H groups in total. The van der Waals surface area contributed by atoms with E-state index in [-0.39, 0.29) is 23.1 Å². The van der Waals surface area contributed by atoms with Crippen molar-refractivity contribution in [2.75, 3.05) is 6.54 Å². The molecule has 29 heavy (non-hydrogen) atoms. The van der Waals surface area contributed by atoms with E-state index in [1.165, 1.54) is 5.56 Å². The number of rotatable bonds is 4. The van der Waals surface area contributed by atoms with Crippen LogP contribution in [-0.4, -0.2) is 38.1 Å². The minimum Gasteiger partial charge on any atom is -0.501 e. The second kappa shape index (κ2) is 7.01. The van der Waals surface area contributed by atoms with Crippen molar-refractivity contribution >= 4 is 5.91 Å². The number of aromatic nitrogens is 2. The van der Waals surface area contributed by atoms with Crippen LogP contribution in [-0.2, 0) is 18.4 Å². The molecule has 1 aromatic heterocycles. The third kappa shape index (κ3) is 2.96. The lowest BCUT2D eigenvalue weighted by Gasteiger charge is -2.41. The molecule has 2 aliphatic carbocycles. The lowest BCUT2D eigenvalue weighted by molar-refractivity contribution is 0.0500. The Hall–Kier alpha value is -2.63. The van der Waals surface area contributed by atoms with Crippen molar-refractivity contribution in [3.8, 4) is 5.75 Å². The number of amides is 1. The van der Waals surface area contributed by atoms with Crippen molar-refractivity contribution in [3.63, 3.8) is 0 Å². The summed E-state index contributed by atoms with van der Waals surface area (Å²) in [6.45, 7) is 1.20. The topological polar surface area (TPSA) is 75.4 Å². The van der Waals surface area contributed by atoms with Crippen LogP contribution in [0.25, 0.3) is 0 Å². The van der Waals surface area contributed by atoms with Crippen molar-refractivity contribution in [3.05, 3.63) is 57.8 Å².